The molecule has 104 valence electrons. The van der Waals surface area contributed by atoms with Crippen molar-refractivity contribution in [1.29, 1.82) is 0 Å². The molecule has 0 bridgehead atoms. The highest BCUT2D eigenvalue weighted by Crippen LogP contribution is 2.32. The molecule has 3 saturated heterocycles. The van der Waals surface area contributed by atoms with Crippen molar-refractivity contribution in [2.75, 3.05) is 26.2 Å². The first-order valence-electron chi connectivity index (χ1n) is 7.99. The Morgan fingerprint density at radius 1 is 1.17 bits per heavy atom. The normalized spacial score (nSPS) is 37.0. The third kappa shape index (κ3) is 2.45. The minimum atomic E-state index is 0.693. The lowest BCUT2D eigenvalue weighted by Gasteiger charge is -2.37. The molecule has 3 nitrogen and oxygen atoms in total. The van der Waals surface area contributed by atoms with E-state index in [0.29, 0.717) is 6.04 Å². The number of hydrogen-bond acceptors (Lipinski definition) is 3. The van der Waals surface area contributed by atoms with Crippen molar-refractivity contribution < 1.29 is 0 Å². The molecular weight excluding hydrogens is 222 g/mol. The van der Waals surface area contributed by atoms with Gasteiger partial charge in [0.1, 0.15) is 0 Å². The lowest BCUT2D eigenvalue weighted by atomic mass is 10.0. The minimum Gasteiger partial charge on any atom is -0.313 e. The van der Waals surface area contributed by atoms with Crippen molar-refractivity contribution in [3.63, 3.8) is 0 Å². The number of hydrogen-bond donors (Lipinski definition) is 1. The smallest absolute Gasteiger partial charge is 0.0267 e. The van der Waals surface area contributed by atoms with E-state index in [2.05, 4.69) is 29.0 Å². The van der Waals surface area contributed by atoms with Crippen LogP contribution in [0.4, 0.5) is 0 Å². The van der Waals surface area contributed by atoms with E-state index < -0.39 is 0 Å². The van der Waals surface area contributed by atoms with Gasteiger partial charge in [0.25, 0.3) is 0 Å². The maximum Gasteiger partial charge on any atom is 0.0267 e. The molecular formula is C15H29N3. The Morgan fingerprint density at radius 3 is 2.78 bits per heavy atom. The van der Waals surface area contributed by atoms with Gasteiger partial charge in [-0.25, -0.2) is 0 Å². The zero-order chi connectivity index (χ0) is 12.5. The Balaban J connectivity index is 1.65. The summed E-state index contributed by atoms with van der Waals surface area (Å²) >= 11 is 0. The van der Waals surface area contributed by atoms with Crippen LogP contribution in [0.15, 0.2) is 0 Å². The molecule has 0 radical (unpaired) electrons. The number of fused-ring (bicyclic) bond motifs is 1. The molecule has 0 saturated carbocycles. The van der Waals surface area contributed by atoms with Gasteiger partial charge in [-0.1, -0.05) is 0 Å². The van der Waals surface area contributed by atoms with E-state index in [-0.39, 0.29) is 0 Å². The van der Waals surface area contributed by atoms with Crippen LogP contribution in [0.3, 0.4) is 0 Å². The topological polar surface area (TPSA) is 18.5 Å². The first kappa shape index (κ1) is 12.9. The van der Waals surface area contributed by atoms with E-state index in [1.54, 1.807) is 0 Å². The summed E-state index contributed by atoms with van der Waals surface area (Å²) in [5.74, 6) is 0. The van der Waals surface area contributed by atoms with E-state index in [0.717, 1.165) is 18.1 Å². The van der Waals surface area contributed by atoms with Crippen molar-refractivity contribution >= 4 is 0 Å². The molecule has 0 aromatic heterocycles. The van der Waals surface area contributed by atoms with E-state index in [1.165, 1.54) is 58.3 Å². The van der Waals surface area contributed by atoms with E-state index in [4.69, 9.17) is 0 Å². The molecule has 3 unspecified atom stereocenters. The Bertz CT molecular complexity index is 273. The van der Waals surface area contributed by atoms with Crippen molar-refractivity contribution in [3.8, 4) is 0 Å². The van der Waals surface area contributed by atoms with E-state index in [9.17, 15) is 0 Å². The lowest BCUT2D eigenvalue weighted by Crippen LogP contribution is -2.50. The van der Waals surface area contributed by atoms with Crippen molar-refractivity contribution in [2.24, 2.45) is 0 Å². The molecule has 1 N–H and O–H groups in total. The highest BCUT2D eigenvalue weighted by molar-refractivity contribution is 4.98. The maximum absolute atomic E-state index is 3.67. The minimum absolute atomic E-state index is 0.693. The van der Waals surface area contributed by atoms with Crippen LogP contribution in [0.2, 0.25) is 0 Å². The first-order valence-corrected chi connectivity index (χ1v) is 7.99. The van der Waals surface area contributed by atoms with Crippen LogP contribution in [-0.4, -0.2) is 60.1 Å². The summed E-state index contributed by atoms with van der Waals surface area (Å²) in [7, 11) is 0. The molecule has 3 aliphatic rings. The average Bonchev–Trinajstić information content (AvgIpc) is 3.03. The molecule has 3 fully saturated rings. The van der Waals surface area contributed by atoms with Crippen LogP contribution < -0.4 is 5.32 Å². The predicted molar refractivity (Wildman–Crippen MR) is 75.9 cm³/mol. The van der Waals surface area contributed by atoms with Gasteiger partial charge in [0.05, 0.1) is 0 Å². The Hall–Kier alpha value is -0.120. The van der Waals surface area contributed by atoms with Gasteiger partial charge < -0.3 is 5.32 Å². The molecule has 3 heterocycles. The molecule has 3 aliphatic heterocycles. The summed E-state index contributed by atoms with van der Waals surface area (Å²) in [6.45, 7) is 9.97. The summed E-state index contributed by atoms with van der Waals surface area (Å²) < 4.78 is 0. The molecule has 0 spiro atoms. The second kappa shape index (κ2) is 5.48. The Morgan fingerprint density at radius 2 is 2.06 bits per heavy atom. The summed E-state index contributed by atoms with van der Waals surface area (Å²) in [6, 6.07) is 3.14. The van der Waals surface area contributed by atoms with Gasteiger partial charge in [-0.2, -0.15) is 0 Å². The highest BCUT2D eigenvalue weighted by Gasteiger charge is 2.41. The Kier molecular flexibility index (Phi) is 3.92. The fourth-order valence-electron chi connectivity index (χ4n) is 4.34. The first-order chi connectivity index (χ1) is 8.75. The average molecular weight is 251 g/mol. The Labute approximate surface area is 112 Å². The molecule has 0 aromatic rings. The van der Waals surface area contributed by atoms with E-state index in [1.807, 2.05) is 0 Å². The molecule has 18 heavy (non-hydrogen) atoms. The van der Waals surface area contributed by atoms with Crippen molar-refractivity contribution in [1.82, 2.24) is 15.1 Å². The standard InChI is InChI=1S/C15H29N3/c1-12(2)18(11-13-5-3-8-16-13)15-7-10-17-9-4-6-14(15)17/h12-16H,3-11H2,1-2H3. The van der Waals surface area contributed by atoms with E-state index >= 15 is 0 Å². The zero-order valence-corrected chi connectivity index (χ0v) is 12.1. The monoisotopic (exact) mass is 251 g/mol. The SMILES string of the molecule is CC(C)N(CC1CCCN1)C1CCN2CCCC12. The highest BCUT2D eigenvalue weighted by atomic mass is 15.3. The van der Waals surface area contributed by atoms with Crippen molar-refractivity contribution in [3.05, 3.63) is 0 Å². The van der Waals surface area contributed by atoms with Gasteiger partial charge in [-0.05, 0) is 59.0 Å². The van der Waals surface area contributed by atoms with Crippen LogP contribution in [-0.2, 0) is 0 Å². The number of nitrogens with zero attached hydrogens (tertiary/aromatic N) is 2. The van der Waals surface area contributed by atoms with Gasteiger partial charge in [-0.3, -0.25) is 9.80 Å². The summed E-state index contributed by atoms with van der Waals surface area (Å²) in [4.78, 5) is 5.54. The van der Waals surface area contributed by atoms with Gasteiger partial charge in [0.2, 0.25) is 0 Å². The largest absolute Gasteiger partial charge is 0.313 e. The molecule has 3 rings (SSSR count). The van der Waals surface area contributed by atoms with Crippen molar-refractivity contribution in [2.45, 2.75) is 70.1 Å². The summed E-state index contributed by atoms with van der Waals surface area (Å²) in [5, 5.41) is 3.67. The fraction of sp³-hybridized carbons (Fsp3) is 1.00. The van der Waals surface area contributed by atoms with Crippen LogP contribution in [0, 0.1) is 0 Å². The molecule has 3 atom stereocenters. The van der Waals surface area contributed by atoms with Gasteiger partial charge >= 0.3 is 0 Å². The molecule has 0 amide bonds. The van der Waals surface area contributed by atoms with Crippen LogP contribution in [0.1, 0.15) is 46.0 Å². The van der Waals surface area contributed by atoms with Gasteiger partial charge in [0.15, 0.2) is 0 Å². The van der Waals surface area contributed by atoms with Gasteiger partial charge in [-0.15, -0.1) is 0 Å². The number of nitrogens with one attached hydrogen (secondary N) is 1. The van der Waals surface area contributed by atoms with Crippen LogP contribution >= 0.6 is 0 Å². The maximum atomic E-state index is 3.67. The molecule has 0 aliphatic carbocycles. The fourth-order valence-corrected chi connectivity index (χ4v) is 4.34. The zero-order valence-electron chi connectivity index (χ0n) is 12.1. The lowest BCUT2D eigenvalue weighted by molar-refractivity contribution is 0.114. The second-order valence-electron chi connectivity index (χ2n) is 6.69. The second-order valence-corrected chi connectivity index (χ2v) is 6.69. The summed E-state index contributed by atoms with van der Waals surface area (Å²) in [6.07, 6.45) is 7.01. The third-order valence-electron chi connectivity index (χ3n) is 5.25. The molecule has 3 heteroatoms. The van der Waals surface area contributed by atoms with Crippen LogP contribution in [0.5, 0.6) is 0 Å². The van der Waals surface area contributed by atoms with Crippen LogP contribution in [0.25, 0.3) is 0 Å². The third-order valence-corrected chi connectivity index (χ3v) is 5.25. The summed E-state index contributed by atoms with van der Waals surface area (Å²) in [5.41, 5.74) is 0. The molecule has 0 aromatic carbocycles. The van der Waals surface area contributed by atoms with Gasteiger partial charge in [0, 0.05) is 37.3 Å². The quantitative estimate of drug-likeness (QED) is 0.820. The number of rotatable bonds is 4. The predicted octanol–water partition coefficient (Wildman–Crippen LogP) is 1.69.